The molecule has 5 nitrogen and oxygen atoms in total. The van der Waals surface area contributed by atoms with Crippen LogP contribution in [0.1, 0.15) is 17.2 Å². The number of rotatable bonds is 5. The van der Waals surface area contributed by atoms with Crippen LogP contribution in [0.5, 0.6) is 0 Å². The molecule has 1 unspecified atom stereocenters. The molecular weight excluding hydrogens is 364 g/mol. The van der Waals surface area contributed by atoms with Crippen LogP contribution in [0.25, 0.3) is 10.8 Å². The van der Waals surface area contributed by atoms with Crippen molar-refractivity contribution in [3.63, 3.8) is 0 Å². The molecule has 0 bridgehead atoms. The van der Waals surface area contributed by atoms with Crippen LogP contribution in [0.3, 0.4) is 0 Å². The van der Waals surface area contributed by atoms with E-state index in [-0.39, 0.29) is 13.1 Å². The maximum Gasteiger partial charge on any atom is 0.309 e. The van der Waals surface area contributed by atoms with Gasteiger partial charge in [0.15, 0.2) is 0 Å². The highest BCUT2D eigenvalue weighted by Gasteiger charge is 2.16. The average molecular weight is 383 g/mol. The first-order chi connectivity index (χ1) is 13.0. The number of hydrogen-bond acceptors (Lipinski definition) is 3. The van der Waals surface area contributed by atoms with Crippen LogP contribution in [0.4, 0.5) is 0 Å². The third kappa shape index (κ3) is 4.84. The second-order valence-corrected chi connectivity index (χ2v) is 6.54. The monoisotopic (exact) mass is 382 g/mol. The Morgan fingerprint density at radius 2 is 1.56 bits per heavy atom. The molecule has 3 N–H and O–H groups in total. The normalized spacial score (nSPS) is 11.8. The number of halogens is 1. The number of nitrogens with one attached hydrogen (secondary N) is 2. The Bertz CT molecular complexity index is 952. The van der Waals surface area contributed by atoms with E-state index in [1.807, 2.05) is 36.4 Å². The molecule has 0 fully saturated rings. The summed E-state index contributed by atoms with van der Waals surface area (Å²) in [5.74, 6) is -1.54. The summed E-state index contributed by atoms with van der Waals surface area (Å²) in [7, 11) is 0. The minimum absolute atomic E-state index is 0.0544. The van der Waals surface area contributed by atoms with Gasteiger partial charge in [-0.05, 0) is 34.0 Å². The zero-order valence-electron chi connectivity index (χ0n) is 14.5. The lowest BCUT2D eigenvalue weighted by Gasteiger charge is -2.14. The summed E-state index contributed by atoms with van der Waals surface area (Å²) in [5.41, 5.74) is 1.53. The molecule has 0 radical (unpaired) electrons. The number of benzene rings is 3. The van der Waals surface area contributed by atoms with Crippen LogP contribution >= 0.6 is 11.6 Å². The Morgan fingerprint density at radius 1 is 0.889 bits per heavy atom. The second kappa shape index (κ2) is 8.66. The number of carbonyl (C=O) groups excluding carboxylic acids is 2. The third-order valence-electron chi connectivity index (χ3n) is 4.21. The van der Waals surface area contributed by atoms with Gasteiger partial charge in [0.1, 0.15) is 0 Å². The number of fused-ring (bicyclic) bond motifs is 1. The standard InChI is InChI=1S/C21H19ClN2O3/c22-16-10-8-14(9-11-16)12-23-20(26)21(27)24-13-19(25)18-7-3-5-15-4-1-2-6-17(15)18/h1-11,19,25H,12-13H2,(H,23,26)(H,24,27). The first kappa shape index (κ1) is 18.9. The molecule has 2 amide bonds. The predicted octanol–water partition coefficient (Wildman–Crippen LogP) is 2.96. The summed E-state index contributed by atoms with van der Waals surface area (Å²) in [5, 5.41) is 17.9. The highest BCUT2D eigenvalue weighted by Crippen LogP contribution is 2.23. The fourth-order valence-corrected chi connectivity index (χ4v) is 2.91. The highest BCUT2D eigenvalue weighted by atomic mass is 35.5. The Hall–Kier alpha value is -2.89. The Balaban J connectivity index is 1.54. The number of amides is 2. The maximum absolute atomic E-state index is 12.0. The molecule has 0 aromatic heterocycles. The molecule has 0 heterocycles. The molecule has 0 saturated heterocycles. The van der Waals surface area contributed by atoms with Gasteiger partial charge in [-0.3, -0.25) is 9.59 Å². The van der Waals surface area contributed by atoms with Crippen molar-refractivity contribution in [2.24, 2.45) is 0 Å². The van der Waals surface area contributed by atoms with Crippen LogP contribution in [-0.4, -0.2) is 23.5 Å². The van der Waals surface area contributed by atoms with Crippen LogP contribution in [-0.2, 0) is 16.1 Å². The SMILES string of the molecule is O=C(NCc1ccc(Cl)cc1)C(=O)NCC(O)c1cccc2ccccc12. The number of hydrogen-bond donors (Lipinski definition) is 3. The lowest BCUT2D eigenvalue weighted by molar-refractivity contribution is -0.139. The van der Waals surface area contributed by atoms with Gasteiger partial charge < -0.3 is 15.7 Å². The van der Waals surface area contributed by atoms with Crippen molar-refractivity contribution in [3.8, 4) is 0 Å². The molecule has 6 heteroatoms. The molecule has 3 rings (SSSR count). The van der Waals surface area contributed by atoms with Gasteiger partial charge in [-0.2, -0.15) is 0 Å². The van der Waals surface area contributed by atoms with Crippen LogP contribution in [0.15, 0.2) is 66.7 Å². The van der Waals surface area contributed by atoms with Crippen molar-refractivity contribution in [3.05, 3.63) is 82.9 Å². The Labute approximate surface area is 162 Å². The molecule has 27 heavy (non-hydrogen) atoms. The van der Waals surface area contributed by atoms with E-state index in [0.717, 1.165) is 16.3 Å². The molecule has 1 atom stereocenters. The predicted molar refractivity (Wildman–Crippen MR) is 105 cm³/mol. The smallest absolute Gasteiger partial charge is 0.309 e. The first-order valence-corrected chi connectivity index (χ1v) is 8.88. The molecule has 138 valence electrons. The van der Waals surface area contributed by atoms with Crippen LogP contribution in [0.2, 0.25) is 5.02 Å². The van der Waals surface area contributed by atoms with E-state index in [2.05, 4.69) is 10.6 Å². The van der Waals surface area contributed by atoms with Crippen LogP contribution < -0.4 is 10.6 Å². The van der Waals surface area contributed by atoms with E-state index >= 15 is 0 Å². The zero-order valence-corrected chi connectivity index (χ0v) is 15.2. The molecule has 3 aromatic carbocycles. The van der Waals surface area contributed by atoms with E-state index in [1.54, 1.807) is 30.3 Å². The summed E-state index contributed by atoms with van der Waals surface area (Å²) in [6.45, 7) is 0.163. The van der Waals surface area contributed by atoms with E-state index in [0.29, 0.717) is 10.6 Å². The number of aliphatic hydroxyl groups excluding tert-OH is 1. The summed E-state index contributed by atoms with van der Waals surface area (Å²) < 4.78 is 0. The van der Waals surface area contributed by atoms with Crippen molar-refractivity contribution in [1.29, 1.82) is 0 Å². The van der Waals surface area contributed by atoms with E-state index in [4.69, 9.17) is 11.6 Å². The molecule has 0 spiro atoms. The van der Waals surface area contributed by atoms with Crippen molar-refractivity contribution in [2.45, 2.75) is 12.6 Å². The minimum atomic E-state index is -0.913. The number of aliphatic hydroxyl groups is 1. The third-order valence-corrected chi connectivity index (χ3v) is 4.46. The first-order valence-electron chi connectivity index (χ1n) is 8.51. The van der Waals surface area contributed by atoms with Crippen molar-refractivity contribution >= 4 is 34.2 Å². The molecule has 3 aromatic rings. The lowest BCUT2D eigenvalue weighted by atomic mass is 10.0. The fraction of sp³-hybridized carbons (Fsp3) is 0.143. The van der Waals surface area contributed by atoms with E-state index < -0.39 is 17.9 Å². The topological polar surface area (TPSA) is 78.4 Å². The van der Waals surface area contributed by atoms with Gasteiger partial charge in [-0.25, -0.2) is 0 Å². The lowest BCUT2D eigenvalue weighted by Crippen LogP contribution is -2.41. The van der Waals surface area contributed by atoms with Gasteiger partial charge in [0.2, 0.25) is 0 Å². The van der Waals surface area contributed by atoms with Gasteiger partial charge in [-0.15, -0.1) is 0 Å². The number of carbonyl (C=O) groups is 2. The average Bonchev–Trinajstić information content (AvgIpc) is 2.70. The van der Waals surface area contributed by atoms with Crippen molar-refractivity contribution < 1.29 is 14.7 Å². The Kier molecular flexibility index (Phi) is 6.06. The molecule has 0 aliphatic heterocycles. The summed E-state index contributed by atoms with van der Waals surface area (Å²) in [6, 6.07) is 20.2. The van der Waals surface area contributed by atoms with E-state index in [9.17, 15) is 14.7 Å². The van der Waals surface area contributed by atoms with Gasteiger partial charge in [-0.1, -0.05) is 66.2 Å². The maximum atomic E-state index is 12.0. The van der Waals surface area contributed by atoms with Crippen molar-refractivity contribution in [1.82, 2.24) is 10.6 Å². The second-order valence-electron chi connectivity index (χ2n) is 6.10. The molecule has 0 saturated carbocycles. The largest absolute Gasteiger partial charge is 0.387 e. The van der Waals surface area contributed by atoms with E-state index in [1.165, 1.54) is 0 Å². The zero-order chi connectivity index (χ0) is 19.2. The minimum Gasteiger partial charge on any atom is -0.387 e. The van der Waals surface area contributed by atoms with Gasteiger partial charge in [0.25, 0.3) is 0 Å². The van der Waals surface area contributed by atoms with Crippen molar-refractivity contribution in [2.75, 3.05) is 6.54 Å². The van der Waals surface area contributed by atoms with Gasteiger partial charge in [0, 0.05) is 18.1 Å². The fourth-order valence-electron chi connectivity index (χ4n) is 2.79. The molecular formula is C21H19ClN2O3. The summed E-state index contributed by atoms with van der Waals surface area (Å²) in [4.78, 5) is 23.9. The molecule has 0 aliphatic rings. The van der Waals surface area contributed by atoms with Crippen LogP contribution in [0, 0.1) is 0 Å². The highest BCUT2D eigenvalue weighted by molar-refractivity contribution is 6.35. The van der Waals surface area contributed by atoms with Gasteiger partial charge >= 0.3 is 11.8 Å². The van der Waals surface area contributed by atoms with Gasteiger partial charge in [0.05, 0.1) is 6.10 Å². The summed E-state index contributed by atoms with van der Waals surface area (Å²) in [6.07, 6.45) is -0.913. The quantitative estimate of drug-likeness (QED) is 0.594. The summed E-state index contributed by atoms with van der Waals surface area (Å²) >= 11 is 5.81. The Morgan fingerprint density at radius 3 is 2.33 bits per heavy atom. The molecule has 0 aliphatic carbocycles.